The van der Waals surface area contributed by atoms with Crippen LogP contribution in [0.2, 0.25) is 0 Å². The summed E-state index contributed by atoms with van der Waals surface area (Å²) in [6, 6.07) is 3.53. The van der Waals surface area contributed by atoms with Gasteiger partial charge in [0.1, 0.15) is 0 Å². The molecule has 2 rings (SSSR count). The molecule has 1 N–H and O–H groups in total. The van der Waals surface area contributed by atoms with Gasteiger partial charge >= 0.3 is 5.97 Å². The van der Waals surface area contributed by atoms with Crippen LogP contribution in [0.1, 0.15) is 20.3 Å². The van der Waals surface area contributed by atoms with E-state index in [4.69, 9.17) is 0 Å². The van der Waals surface area contributed by atoms with Gasteiger partial charge in [-0.2, -0.15) is 0 Å². The minimum Gasteiger partial charge on any atom is -0.479 e. The summed E-state index contributed by atoms with van der Waals surface area (Å²) in [6.45, 7) is 3.37. The van der Waals surface area contributed by atoms with Crippen LogP contribution in [0, 0.1) is 0 Å². The third-order valence-corrected chi connectivity index (χ3v) is 3.01. The van der Waals surface area contributed by atoms with E-state index in [0.717, 1.165) is 0 Å². The maximum atomic E-state index is 11.4. The molecule has 18 heavy (non-hydrogen) atoms. The van der Waals surface area contributed by atoms with Gasteiger partial charge in [-0.3, -0.25) is 4.98 Å². The molecule has 2 aromatic rings. The van der Waals surface area contributed by atoms with Crippen molar-refractivity contribution in [2.75, 3.05) is 0 Å². The third kappa shape index (κ3) is 1.83. The molecule has 1 atom stereocenters. The Labute approximate surface area is 103 Å². The van der Waals surface area contributed by atoms with Crippen LogP contribution in [0.3, 0.4) is 0 Å². The Morgan fingerprint density at radius 1 is 1.56 bits per heavy atom. The van der Waals surface area contributed by atoms with Crippen LogP contribution in [-0.2, 0) is 10.3 Å². The van der Waals surface area contributed by atoms with Gasteiger partial charge in [-0.15, -0.1) is 5.10 Å². The van der Waals surface area contributed by atoms with Crippen molar-refractivity contribution in [3.05, 3.63) is 24.5 Å². The van der Waals surface area contributed by atoms with Gasteiger partial charge in [0.05, 0.1) is 0 Å². The molecular weight excluding hydrogens is 234 g/mol. The molecule has 0 aliphatic rings. The van der Waals surface area contributed by atoms with Gasteiger partial charge in [-0.25, -0.2) is 9.48 Å². The molecule has 0 saturated heterocycles. The minimum absolute atomic E-state index is 0.376. The monoisotopic (exact) mass is 247 g/mol. The number of aromatic nitrogens is 5. The highest BCUT2D eigenvalue weighted by molar-refractivity contribution is 5.77. The molecule has 0 radical (unpaired) electrons. The van der Waals surface area contributed by atoms with E-state index >= 15 is 0 Å². The quantitative estimate of drug-likeness (QED) is 0.864. The number of nitrogens with zero attached hydrogens (tertiary/aromatic N) is 5. The molecule has 7 heteroatoms. The normalized spacial score (nSPS) is 14.1. The fourth-order valence-corrected chi connectivity index (χ4v) is 1.59. The SMILES string of the molecule is CCC(C)(C(=O)O)n1nnnc1-c1cccnc1. The molecule has 0 bridgehead atoms. The van der Waals surface area contributed by atoms with Gasteiger partial charge in [0.2, 0.25) is 0 Å². The first kappa shape index (κ1) is 12.2. The number of carboxylic acids is 1. The van der Waals surface area contributed by atoms with Crippen LogP contribution in [-0.4, -0.2) is 36.3 Å². The molecule has 0 aromatic carbocycles. The van der Waals surface area contributed by atoms with Gasteiger partial charge < -0.3 is 5.11 Å². The van der Waals surface area contributed by atoms with E-state index < -0.39 is 11.5 Å². The van der Waals surface area contributed by atoms with E-state index in [0.29, 0.717) is 17.8 Å². The number of carbonyl (C=O) groups is 1. The second-order valence-electron chi connectivity index (χ2n) is 4.09. The zero-order valence-corrected chi connectivity index (χ0v) is 10.1. The smallest absolute Gasteiger partial charge is 0.331 e. The van der Waals surface area contributed by atoms with Crippen molar-refractivity contribution in [1.29, 1.82) is 0 Å². The Morgan fingerprint density at radius 2 is 2.33 bits per heavy atom. The highest BCUT2D eigenvalue weighted by atomic mass is 16.4. The summed E-state index contributed by atoms with van der Waals surface area (Å²) in [4.78, 5) is 15.4. The number of aliphatic carboxylic acids is 1. The summed E-state index contributed by atoms with van der Waals surface area (Å²) >= 11 is 0. The molecule has 0 spiro atoms. The lowest BCUT2D eigenvalue weighted by Crippen LogP contribution is -2.39. The standard InChI is InChI=1S/C11H13N5O2/c1-3-11(2,10(17)18)16-9(13-14-15-16)8-5-4-6-12-7-8/h4-7H,3H2,1-2H3,(H,17,18). The highest BCUT2D eigenvalue weighted by Crippen LogP contribution is 2.25. The molecule has 0 fully saturated rings. The Hall–Kier alpha value is -2.31. The molecule has 0 amide bonds. The summed E-state index contributed by atoms with van der Waals surface area (Å²) in [5.41, 5.74) is -0.488. The Kier molecular flexibility index (Phi) is 3.05. The van der Waals surface area contributed by atoms with Crippen LogP contribution in [0.25, 0.3) is 11.4 Å². The van der Waals surface area contributed by atoms with E-state index in [2.05, 4.69) is 20.5 Å². The third-order valence-electron chi connectivity index (χ3n) is 3.01. The first-order valence-electron chi connectivity index (χ1n) is 5.52. The molecular formula is C11H13N5O2. The molecule has 2 aromatic heterocycles. The maximum absolute atomic E-state index is 11.4. The maximum Gasteiger partial charge on any atom is 0.331 e. The number of carboxylic acid groups (broad SMARTS) is 1. The highest BCUT2D eigenvalue weighted by Gasteiger charge is 2.37. The summed E-state index contributed by atoms with van der Waals surface area (Å²) in [7, 11) is 0. The van der Waals surface area contributed by atoms with Crippen molar-refractivity contribution in [3.63, 3.8) is 0 Å². The Balaban J connectivity index is 2.55. The first-order chi connectivity index (χ1) is 8.59. The molecule has 7 nitrogen and oxygen atoms in total. The summed E-state index contributed by atoms with van der Waals surface area (Å²) < 4.78 is 1.33. The van der Waals surface area contributed by atoms with Crippen LogP contribution >= 0.6 is 0 Å². The lowest BCUT2D eigenvalue weighted by Gasteiger charge is -2.23. The first-order valence-corrected chi connectivity index (χ1v) is 5.52. The van der Waals surface area contributed by atoms with Crippen molar-refractivity contribution in [1.82, 2.24) is 25.2 Å². The largest absolute Gasteiger partial charge is 0.479 e. The zero-order chi connectivity index (χ0) is 13.2. The van der Waals surface area contributed by atoms with Crippen LogP contribution < -0.4 is 0 Å². The Morgan fingerprint density at radius 3 is 2.89 bits per heavy atom. The van der Waals surface area contributed by atoms with Crippen molar-refractivity contribution in [3.8, 4) is 11.4 Å². The molecule has 0 aliphatic carbocycles. The molecule has 0 saturated carbocycles. The number of tetrazole rings is 1. The van der Waals surface area contributed by atoms with Crippen LogP contribution in [0.4, 0.5) is 0 Å². The molecule has 1 unspecified atom stereocenters. The van der Waals surface area contributed by atoms with Gasteiger partial charge in [0.15, 0.2) is 11.4 Å². The van der Waals surface area contributed by atoms with Crippen molar-refractivity contribution in [2.45, 2.75) is 25.8 Å². The van der Waals surface area contributed by atoms with Crippen molar-refractivity contribution >= 4 is 5.97 Å². The average Bonchev–Trinajstić information content (AvgIpc) is 2.88. The summed E-state index contributed by atoms with van der Waals surface area (Å²) in [6.07, 6.45) is 3.61. The average molecular weight is 247 g/mol. The van der Waals surface area contributed by atoms with E-state index in [9.17, 15) is 9.90 Å². The summed E-state index contributed by atoms with van der Waals surface area (Å²) in [5.74, 6) is -0.572. The number of pyridine rings is 1. The van der Waals surface area contributed by atoms with Gasteiger partial charge in [-0.1, -0.05) is 6.92 Å². The van der Waals surface area contributed by atoms with Crippen LogP contribution in [0.15, 0.2) is 24.5 Å². The number of hydrogen-bond acceptors (Lipinski definition) is 5. The number of hydrogen-bond donors (Lipinski definition) is 1. The molecule has 94 valence electrons. The minimum atomic E-state index is -1.17. The lowest BCUT2D eigenvalue weighted by molar-refractivity contribution is -0.147. The van der Waals surface area contributed by atoms with Gasteiger partial charge in [-0.05, 0) is 35.9 Å². The van der Waals surface area contributed by atoms with Gasteiger partial charge in [0.25, 0.3) is 0 Å². The second kappa shape index (κ2) is 4.52. The van der Waals surface area contributed by atoms with E-state index in [-0.39, 0.29) is 0 Å². The molecule has 2 heterocycles. The molecule has 0 aliphatic heterocycles. The lowest BCUT2D eigenvalue weighted by atomic mass is 9.99. The van der Waals surface area contributed by atoms with Crippen molar-refractivity contribution < 1.29 is 9.90 Å². The van der Waals surface area contributed by atoms with E-state index in [1.54, 1.807) is 38.4 Å². The van der Waals surface area contributed by atoms with E-state index in [1.165, 1.54) is 4.68 Å². The number of rotatable bonds is 4. The second-order valence-corrected chi connectivity index (χ2v) is 4.09. The zero-order valence-electron chi connectivity index (χ0n) is 10.1. The van der Waals surface area contributed by atoms with Gasteiger partial charge in [0, 0.05) is 18.0 Å². The van der Waals surface area contributed by atoms with Crippen LogP contribution in [0.5, 0.6) is 0 Å². The van der Waals surface area contributed by atoms with Crippen molar-refractivity contribution in [2.24, 2.45) is 0 Å². The predicted molar refractivity (Wildman–Crippen MR) is 62.6 cm³/mol. The topological polar surface area (TPSA) is 93.8 Å². The predicted octanol–water partition coefficient (Wildman–Crippen LogP) is 0.945. The summed E-state index contributed by atoms with van der Waals surface area (Å²) in [5, 5.41) is 20.6. The fourth-order valence-electron chi connectivity index (χ4n) is 1.59. The van der Waals surface area contributed by atoms with E-state index in [1.807, 2.05) is 0 Å². The fraction of sp³-hybridized carbons (Fsp3) is 0.364. The Bertz CT molecular complexity index is 554.